The molecule has 0 amide bonds. The summed E-state index contributed by atoms with van der Waals surface area (Å²) in [6, 6.07) is 9.95. The van der Waals surface area contributed by atoms with Gasteiger partial charge in [0.2, 0.25) is 9.84 Å². The minimum absolute atomic E-state index is 0.197. The van der Waals surface area contributed by atoms with E-state index in [4.69, 9.17) is 21.1 Å². The second kappa shape index (κ2) is 7.88. The van der Waals surface area contributed by atoms with Crippen LogP contribution in [-0.2, 0) is 9.84 Å². The number of pyridine rings is 1. The van der Waals surface area contributed by atoms with Crippen LogP contribution < -0.4 is 14.4 Å². The molecule has 31 heavy (non-hydrogen) atoms. The first-order chi connectivity index (χ1) is 14.9. The van der Waals surface area contributed by atoms with E-state index in [0.29, 0.717) is 46.9 Å². The van der Waals surface area contributed by atoms with Crippen molar-refractivity contribution in [2.75, 3.05) is 31.2 Å². The van der Waals surface area contributed by atoms with E-state index in [2.05, 4.69) is 16.8 Å². The third-order valence-corrected chi connectivity index (χ3v) is 8.01. The highest BCUT2D eigenvalue weighted by molar-refractivity contribution is 7.91. The van der Waals surface area contributed by atoms with Gasteiger partial charge >= 0.3 is 0 Å². The molecule has 3 heterocycles. The Kier molecular flexibility index (Phi) is 5.18. The Bertz CT molecular complexity index is 1240. The quantitative estimate of drug-likeness (QED) is 0.565. The first-order valence-electron chi connectivity index (χ1n) is 10.4. The van der Waals surface area contributed by atoms with Crippen LogP contribution in [0.3, 0.4) is 0 Å². The second-order valence-electron chi connectivity index (χ2n) is 8.11. The molecule has 1 fully saturated rings. The summed E-state index contributed by atoms with van der Waals surface area (Å²) >= 11 is 5.98. The summed E-state index contributed by atoms with van der Waals surface area (Å²) in [6.07, 6.45) is 3.49. The summed E-state index contributed by atoms with van der Waals surface area (Å²) in [5, 5.41) is 1.25. The lowest BCUT2D eigenvalue weighted by Crippen LogP contribution is -2.34. The van der Waals surface area contributed by atoms with Crippen molar-refractivity contribution in [1.29, 1.82) is 0 Å². The van der Waals surface area contributed by atoms with Crippen molar-refractivity contribution in [1.82, 2.24) is 4.98 Å². The lowest BCUT2D eigenvalue weighted by Gasteiger charge is -2.34. The smallest absolute Gasteiger partial charge is 0.210 e. The third kappa shape index (κ3) is 3.70. The van der Waals surface area contributed by atoms with Gasteiger partial charge in [-0.3, -0.25) is 4.98 Å². The lowest BCUT2D eigenvalue weighted by atomic mass is 9.98. The number of halogens is 1. The fourth-order valence-corrected chi connectivity index (χ4v) is 5.75. The van der Waals surface area contributed by atoms with E-state index in [9.17, 15) is 8.42 Å². The Morgan fingerprint density at radius 1 is 1.03 bits per heavy atom. The number of sulfone groups is 1. The van der Waals surface area contributed by atoms with E-state index in [0.717, 1.165) is 31.3 Å². The van der Waals surface area contributed by atoms with Gasteiger partial charge in [0.1, 0.15) is 18.1 Å². The van der Waals surface area contributed by atoms with Crippen molar-refractivity contribution in [2.45, 2.75) is 29.6 Å². The van der Waals surface area contributed by atoms with Gasteiger partial charge in [-0.25, -0.2) is 8.42 Å². The highest BCUT2D eigenvalue weighted by Gasteiger charge is 2.29. The van der Waals surface area contributed by atoms with Gasteiger partial charge in [-0.1, -0.05) is 18.5 Å². The molecule has 162 valence electrons. The number of hydrogen-bond donors (Lipinski definition) is 0. The number of nitrogens with zero attached hydrogens (tertiary/aromatic N) is 2. The number of piperidine rings is 1. The zero-order valence-corrected chi connectivity index (χ0v) is 18.7. The van der Waals surface area contributed by atoms with Crippen LogP contribution >= 0.6 is 11.6 Å². The minimum Gasteiger partial charge on any atom is -0.486 e. The molecule has 0 radical (unpaired) electrons. The standard InChI is InChI=1S/C23H23ClN2O4S/c1-15-6-8-26(9-7-15)23-18-12-20-21(30-11-10-29-20)13-19(18)25-14-22(23)31(27,28)17-4-2-16(24)3-5-17/h2-5,12-15H,6-11H2,1H3. The molecule has 0 unspecified atom stereocenters. The Labute approximate surface area is 186 Å². The average molecular weight is 459 g/mol. The summed E-state index contributed by atoms with van der Waals surface area (Å²) in [5.74, 6) is 1.87. The van der Waals surface area contributed by atoms with Crippen LogP contribution in [0.15, 0.2) is 52.4 Å². The van der Waals surface area contributed by atoms with Gasteiger partial charge in [-0.2, -0.15) is 0 Å². The molecule has 1 saturated heterocycles. The number of rotatable bonds is 3. The maximum atomic E-state index is 13.6. The Hall–Kier alpha value is -2.51. The van der Waals surface area contributed by atoms with Gasteiger partial charge in [0, 0.05) is 35.8 Å². The van der Waals surface area contributed by atoms with Gasteiger partial charge in [0.15, 0.2) is 11.5 Å². The van der Waals surface area contributed by atoms with Gasteiger partial charge in [0.05, 0.1) is 16.1 Å². The van der Waals surface area contributed by atoms with Crippen molar-refractivity contribution in [3.05, 3.63) is 47.6 Å². The number of ether oxygens (including phenoxy) is 2. The lowest BCUT2D eigenvalue weighted by molar-refractivity contribution is 0.172. The van der Waals surface area contributed by atoms with E-state index in [1.54, 1.807) is 12.1 Å². The molecule has 0 saturated carbocycles. The van der Waals surface area contributed by atoms with Gasteiger partial charge < -0.3 is 14.4 Å². The monoisotopic (exact) mass is 458 g/mol. The highest BCUT2D eigenvalue weighted by Crippen LogP contribution is 2.42. The average Bonchev–Trinajstić information content (AvgIpc) is 2.78. The Balaban J connectivity index is 1.73. The maximum absolute atomic E-state index is 13.6. The minimum atomic E-state index is -3.80. The molecule has 5 rings (SSSR count). The van der Waals surface area contributed by atoms with E-state index in [1.165, 1.54) is 18.3 Å². The molecule has 0 spiro atoms. The first kappa shape index (κ1) is 20.4. The maximum Gasteiger partial charge on any atom is 0.210 e. The number of benzene rings is 2. The van der Waals surface area contributed by atoms with Crippen LogP contribution in [-0.4, -0.2) is 39.7 Å². The van der Waals surface area contributed by atoms with Gasteiger partial charge in [-0.05, 0) is 49.1 Å². The summed E-state index contributed by atoms with van der Waals surface area (Å²) < 4.78 is 38.8. The van der Waals surface area contributed by atoms with Crippen molar-refractivity contribution in [3.63, 3.8) is 0 Å². The van der Waals surface area contributed by atoms with Crippen LogP contribution in [0.5, 0.6) is 11.5 Å². The summed E-state index contributed by atoms with van der Waals surface area (Å²) in [7, 11) is -3.80. The molecule has 8 heteroatoms. The van der Waals surface area contributed by atoms with Crippen molar-refractivity contribution >= 4 is 38.0 Å². The molecular formula is C23H23ClN2O4S. The van der Waals surface area contributed by atoms with Gasteiger partial charge in [-0.15, -0.1) is 0 Å². The number of aromatic nitrogens is 1. The molecule has 0 N–H and O–H groups in total. The van der Waals surface area contributed by atoms with Crippen LogP contribution in [0.4, 0.5) is 5.69 Å². The molecular weight excluding hydrogens is 436 g/mol. The largest absolute Gasteiger partial charge is 0.486 e. The Morgan fingerprint density at radius 3 is 2.35 bits per heavy atom. The topological polar surface area (TPSA) is 68.7 Å². The number of hydrogen-bond acceptors (Lipinski definition) is 6. The molecule has 0 atom stereocenters. The summed E-state index contributed by atoms with van der Waals surface area (Å²) in [4.78, 5) is 7.07. The Morgan fingerprint density at radius 2 is 1.68 bits per heavy atom. The van der Waals surface area contributed by atoms with Crippen molar-refractivity contribution in [3.8, 4) is 11.5 Å². The molecule has 2 aliphatic rings. The van der Waals surface area contributed by atoms with Crippen LogP contribution in [0, 0.1) is 5.92 Å². The fraction of sp³-hybridized carbons (Fsp3) is 0.348. The molecule has 3 aromatic rings. The molecule has 6 nitrogen and oxygen atoms in total. The SMILES string of the molecule is CC1CCN(c2c(S(=O)(=O)c3ccc(Cl)cc3)cnc3cc4c(cc23)OCCO4)CC1. The normalized spacial score (nSPS) is 17.2. The zero-order valence-electron chi connectivity index (χ0n) is 17.2. The van der Waals surface area contributed by atoms with Crippen LogP contribution in [0.1, 0.15) is 19.8 Å². The molecule has 1 aromatic heterocycles. The predicted molar refractivity (Wildman–Crippen MR) is 120 cm³/mol. The van der Waals surface area contributed by atoms with Crippen LogP contribution in [0.2, 0.25) is 5.02 Å². The first-order valence-corrected chi connectivity index (χ1v) is 12.3. The molecule has 2 aliphatic heterocycles. The van der Waals surface area contributed by atoms with E-state index >= 15 is 0 Å². The zero-order chi connectivity index (χ0) is 21.6. The van der Waals surface area contributed by atoms with E-state index in [1.807, 2.05) is 12.1 Å². The second-order valence-corrected chi connectivity index (χ2v) is 10.5. The van der Waals surface area contributed by atoms with E-state index in [-0.39, 0.29) is 9.79 Å². The highest BCUT2D eigenvalue weighted by atomic mass is 35.5. The molecule has 0 aliphatic carbocycles. The molecule has 2 aromatic carbocycles. The third-order valence-electron chi connectivity index (χ3n) is 5.98. The number of fused-ring (bicyclic) bond motifs is 2. The summed E-state index contributed by atoms with van der Waals surface area (Å²) in [5.41, 5.74) is 1.37. The van der Waals surface area contributed by atoms with E-state index < -0.39 is 9.84 Å². The summed E-state index contributed by atoms with van der Waals surface area (Å²) in [6.45, 7) is 4.76. The number of anilines is 1. The van der Waals surface area contributed by atoms with Crippen LogP contribution in [0.25, 0.3) is 10.9 Å². The van der Waals surface area contributed by atoms with Gasteiger partial charge in [0.25, 0.3) is 0 Å². The molecule has 0 bridgehead atoms. The van der Waals surface area contributed by atoms with Crippen molar-refractivity contribution < 1.29 is 17.9 Å². The predicted octanol–water partition coefficient (Wildman–Crippen LogP) is 4.73. The fourth-order valence-electron chi connectivity index (χ4n) is 4.19. The van der Waals surface area contributed by atoms with Crippen molar-refractivity contribution in [2.24, 2.45) is 5.92 Å².